The molecule has 14 heteroatoms. The molecule has 0 aromatic carbocycles. The number of anilines is 1. The van der Waals surface area contributed by atoms with Crippen LogP contribution < -0.4 is 5.73 Å². The number of hydrogen-bond donors (Lipinski definition) is 5. The summed E-state index contributed by atoms with van der Waals surface area (Å²) in [6.07, 6.45) is -1.91. The van der Waals surface area contributed by atoms with Crippen LogP contribution in [0.1, 0.15) is 33.9 Å². The topological polar surface area (TPSA) is 186 Å². The third-order valence-corrected chi connectivity index (χ3v) is 4.78. The van der Waals surface area contributed by atoms with Crippen molar-refractivity contribution in [2.75, 3.05) is 18.6 Å². The van der Waals surface area contributed by atoms with Crippen LogP contribution >= 0.6 is 19.6 Å². The largest absolute Gasteiger partial charge is 0.469 e. The maximum absolute atomic E-state index is 10.8. The first-order chi connectivity index (χ1) is 13.7. The highest BCUT2D eigenvalue weighted by Gasteiger charge is 2.45. The molecule has 1 aliphatic rings. The minimum Gasteiger partial charge on any atom is -0.387 e. The highest BCUT2D eigenvalue weighted by atomic mass is 32.2. The second-order valence-electron chi connectivity index (χ2n) is 5.25. The quantitative estimate of drug-likeness (QED) is 0.245. The number of imidazole rings is 1. The summed E-state index contributed by atoms with van der Waals surface area (Å²) in [6, 6.07) is 0. The van der Waals surface area contributed by atoms with Crippen LogP contribution in [-0.2, 0) is 13.8 Å². The second kappa shape index (κ2) is 11.2. The minimum atomic E-state index is -4.73. The van der Waals surface area contributed by atoms with E-state index in [1.165, 1.54) is 22.7 Å². The fraction of sp³-hybridized carbons (Fsp3) is 0.667. The number of phosphoric acid groups is 1. The lowest BCUT2D eigenvalue weighted by molar-refractivity contribution is -0.0503. The van der Waals surface area contributed by atoms with Gasteiger partial charge >= 0.3 is 7.82 Å². The first-order valence-electron chi connectivity index (χ1n) is 8.97. The summed E-state index contributed by atoms with van der Waals surface area (Å²) in [7, 11) is -4.73. The van der Waals surface area contributed by atoms with Crippen molar-refractivity contribution in [3.05, 3.63) is 6.33 Å². The molecule has 1 fully saturated rings. The third-order valence-electron chi connectivity index (χ3n) is 3.62. The molecule has 12 nitrogen and oxygen atoms in total. The van der Waals surface area contributed by atoms with Crippen molar-refractivity contribution in [1.82, 2.24) is 19.5 Å². The number of hydrogen-bond acceptors (Lipinski definition) is 10. The van der Waals surface area contributed by atoms with Gasteiger partial charge in [0.1, 0.15) is 28.9 Å². The summed E-state index contributed by atoms with van der Waals surface area (Å²) < 4.78 is 22.0. The molecule has 0 spiro atoms. The molecular formula is C15H28N5O7PS. The van der Waals surface area contributed by atoms with E-state index in [1.54, 1.807) is 6.26 Å². The number of thioether (sulfide) groups is 1. The average molecular weight is 453 g/mol. The van der Waals surface area contributed by atoms with Gasteiger partial charge in [-0.3, -0.25) is 9.09 Å². The molecule has 2 aromatic heterocycles. The Kier molecular flexibility index (Phi) is 9.92. The van der Waals surface area contributed by atoms with Crippen LogP contribution in [0.15, 0.2) is 11.4 Å². The van der Waals surface area contributed by atoms with E-state index in [0.717, 1.165) is 0 Å². The standard InChI is InChI=1S/C11H16N5O7PS.2C2H6/c1-25-9-5-8(14-11(12)15-9)16(3-13-5)10-7(18)6(17)4(23-10)2-22-24(19,20)21;2*1-2/h3-4,6-7,10,17-18H,2H2,1H3,(H2,12,14,15)(H2,19,20,21);2*1-2H3. The van der Waals surface area contributed by atoms with E-state index in [4.69, 9.17) is 20.3 Å². The Morgan fingerprint density at radius 2 is 1.86 bits per heavy atom. The lowest BCUT2D eigenvalue weighted by atomic mass is 10.1. The number of fused-ring (bicyclic) bond motifs is 1. The van der Waals surface area contributed by atoms with Crippen molar-refractivity contribution in [2.45, 2.75) is 57.3 Å². The first-order valence-corrected chi connectivity index (χ1v) is 11.7. The number of rotatable bonds is 5. The van der Waals surface area contributed by atoms with E-state index in [9.17, 15) is 14.8 Å². The lowest BCUT2D eigenvalue weighted by Crippen LogP contribution is -2.33. The molecule has 0 radical (unpaired) electrons. The second-order valence-corrected chi connectivity index (χ2v) is 7.28. The number of nitrogens with two attached hydrogens (primary N) is 1. The molecule has 2 aromatic rings. The fourth-order valence-electron chi connectivity index (χ4n) is 2.50. The van der Waals surface area contributed by atoms with Crippen molar-refractivity contribution < 1.29 is 33.8 Å². The molecular weight excluding hydrogens is 425 g/mol. The Hall–Kier alpha value is -1.31. The van der Waals surface area contributed by atoms with Crippen LogP contribution in [0.4, 0.5) is 5.95 Å². The zero-order valence-corrected chi connectivity index (χ0v) is 18.5. The van der Waals surface area contributed by atoms with Crippen LogP contribution in [0.25, 0.3) is 11.2 Å². The van der Waals surface area contributed by atoms with Crippen molar-refractivity contribution >= 4 is 36.7 Å². The van der Waals surface area contributed by atoms with E-state index in [-0.39, 0.29) is 5.95 Å². The van der Waals surface area contributed by atoms with Crippen molar-refractivity contribution in [1.29, 1.82) is 0 Å². The van der Waals surface area contributed by atoms with Gasteiger partial charge in [0, 0.05) is 0 Å². The number of nitrogen functional groups attached to an aromatic ring is 1. The summed E-state index contributed by atoms with van der Waals surface area (Å²) in [5.74, 6) is 0.00742. The molecule has 0 amide bonds. The molecule has 4 unspecified atom stereocenters. The minimum absolute atomic E-state index is 0.00742. The van der Waals surface area contributed by atoms with Gasteiger partial charge in [-0.1, -0.05) is 27.7 Å². The molecule has 29 heavy (non-hydrogen) atoms. The molecule has 166 valence electrons. The maximum Gasteiger partial charge on any atom is 0.469 e. The van der Waals surface area contributed by atoms with E-state index in [0.29, 0.717) is 16.2 Å². The van der Waals surface area contributed by atoms with Gasteiger partial charge < -0.3 is 30.5 Å². The molecule has 0 bridgehead atoms. The highest BCUT2D eigenvalue weighted by Crippen LogP contribution is 2.39. The molecule has 0 saturated carbocycles. The van der Waals surface area contributed by atoms with Gasteiger partial charge in [0.2, 0.25) is 5.95 Å². The number of ether oxygens (including phenoxy) is 1. The van der Waals surface area contributed by atoms with Crippen LogP contribution in [0, 0.1) is 0 Å². The Balaban J connectivity index is 0.000000989. The SMILES string of the molecule is CC.CC.CSc1nc(N)nc2c1ncn2C1OC(COP(=O)(O)O)C(O)C1O. The van der Waals surface area contributed by atoms with Gasteiger partial charge in [-0.2, -0.15) is 4.98 Å². The fourth-order valence-corrected chi connectivity index (χ4v) is 3.37. The van der Waals surface area contributed by atoms with Gasteiger partial charge in [0.05, 0.1) is 12.9 Å². The van der Waals surface area contributed by atoms with E-state index in [2.05, 4.69) is 19.5 Å². The van der Waals surface area contributed by atoms with E-state index in [1.807, 2.05) is 27.7 Å². The molecule has 1 saturated heterocycles. The highest BCUT2D eigenvalue weighted by molar-refractivity contribution is 7.98. The normalized spacial score (nSPS) is 23.9. The molecule has 4 atom stereocenters. The number of nitrogens with zero attached hydrogens (tertiary/aromatic N) is 4. The predicted octanol–water partition coefficient (Wildman–Crippen LogP) is 0.911. The smallest absolute Gasteiger partial charge is 0.387 e. The van der Waals surface area contributed by atoms with Gasteiger partial charge in [-0.25, -0.2) is 14.5 Å². The van der Waals surface area contributed by atoms with Crippen LogP contribution in [0.3, 0.4) is 0 Å². The number of aliphatic hydroxyl groups excluding tert-OH is 2. The van der Waals surface area contributed by atoms with E-state index >= 15 is 0 Å². The lowest BCUT2D eigenvalue weighted by Gasteiger charge is -2.16. The summed E-state index contributed by atoms with van der Waals surface area (Å²) >= 11 is 1.31. The summed E-state index contributed by atoms with van der Waals surface area (Å²) in [5.41, 5.74) is 6.42. The number of aromatic nitrogens is 4. The number of phosphoric ester groups is 1. The van der Waals surface area contributed by atoms with Crippen molar-refractivity contribution in [2.24, 2.45) is 0 Å². The summed E-state index contributed by atoms with van der Waals surface area (Å²) in [4.78, 5) is 29.8. The molecule has 1 aliphatic heterocycles. The van der Waals surface area contributed by atoms with Gasteiger partial charge in [-0.15, -0.1) is 11.8 Å². The van der Waals surface area contributed by atoms with Crippen LogP contribution in [0.2, 0.25) is 0 Å². The van der Waals surface area contributed by atoms with Crippen molar-refractivity contribution in [3.63, 3.8) is 0 Å². The zero-order chi connectivity index (χ0) is 22.4. The Bertz CT molecular complexity index is 833. The Morgan fingerprint density at radius 1 is 1.24 bits per heavy atom. The first kappa shape index (κ1) is 25.7. The van der Waals surface area contributed by atoms with Gasteiger partial charge in [0.25, 0.3) is 0 Å². The Labute approximate surface area is 172 Å². The zero-order valence-electron chi connectivity index (χ0n) is 16.8. The summed E-state index contributed by atoms with van der Waals surface area (Å²) in [5, 5.41) is 20.8. The monoisotopic (exact) mass is 453 g/mol. The van der Waals surface area contributed by atoms with Crippen molar-refractivity contribution in [3.8, 4) is 0 Å². The molecule has 6 N–H and O–H groups in total. The third kappa shape index (κ3) is 6.09. The maximum atomic E-state index is 10.8. The predicted molar refractivity (Wildman–Crippen MR) is 108 cm³/mol. The van der Waals surface area contributed by atoms with Gasteiger partial charge in [0.15, 0.2) is 11.9 Å². The number of aliphatic hydroxyl groups is 2. The summed E-state index contributed by atoms with van der Waals surface area (Å²) in [6.45, 7) is 7.40. The van der Waals surface area contributed by atoms with Crippen LogP contribution in [-0.4, -0.2) is 70.7 Å². The van der Waals surface area contributed by atoms with Crippen LogP contribution in [0.5, 0.6) is 0 Å². The molecule has 0 aliphatic carbocycles. The van der Waals surface area contributed by atoms with Gasteiger partial charge in [-0.05, 0) is 6.26 Å². The molecule has 3 rings (SSSR count). The average Bonchev–Trinajstić information content (AvgIpc) is 3.23. The Morgan fingerprint density at radius 3 is 2.41 bits per heavy atom. The molecule has 3 heterocycles. The van der Waals surface area contributed by atoms with E-state index < -0.39 is 39.0 Å².